The van der Waals surface area contributed by atoms with E-state index in [1.165, 1.54) is 37.7 Å². The van der Waals surface area contributed by atoms with Gasteiger partial charge in [-0.05, 0) is 24.3 Å². The molecule has 0 unspecified atom stereocenters. The first-order valence-corrected chi connectivity index (χ1v) is 10.5. The summed E-state index contributed by atoms with van der Waals surface area (Å²) in [5, 5.41) is 2.68. The van der Waals surface area contributed by atoms with Crippen LogP contribution in [0.2, 0.25) is 0 Å². The zero-order valence-corrected chi connectivity index (χ0v) is 17.1. The van der Waals surface area contributed by atoms with E-state index in [-0.39, 0.29) is 29.3 Å². The topological polar surface area (TPSA) is 107 Å². The first kappa shape index (κ1) is 21.1. The van der Waals surface area contributed by atoms with E-state index in [0.29, 0.717) is 11.5 Å². The van der Waals surface area contributed by atoms with Gasteiger partial charge in [-0.3, -0.25) is 14.5 Å². The van der Waals surface area contributed by atoms with Crippen molar-refractivity contribution in [1.29, 1.82) is 0 Å². The monoisotopic (exact) mass is 427 g/mol. The number of para-hydroxylation sites is 1. The van der Waals surface area contributed by atoms with E-state index in [1.807, 2.05) is 30.3 Å². The lowest BCUT2D eigenvalue weighted by atomic mass is 10.2. The molecule has 2 N–H and O–H groups in total. The van der Waals surface area contributed by atoms with Crippen LogP contribution in [0.5, 0.6) is 11.5 Å². The first-order chi connectivity index (χ1) is 14.5. The van der Waals surface area contributed by atoms with Crippen molar-refractivity contribution in [2.75, 3.05) is 25.0 Å². The van der Waals surface area contributed by atoms with Crippen LogP contribution in [0.15, 0.2) is 78.0 Å². The highest BCUT2D eigenvalue weighted by Gasteiger charge is 2.22. The average molecular weight is 427 g/mol. The van der Waals surface area contributed by atoms with Crippen LogP contribution in [-0.4, -0.2) is 39.6 Å². The lowest BCUT2D eigenvalue weighted by Crippen LogP contribution is -2.30. The molecule has 0 bridgehead atoms. The van der Waals surface area contributed by atoms with Crippen molar-refractivity contribution >= 4 is 21.6 Å². The quantitative estimate of drug-likeness (QED) is 0.509. The molecule has 0 aliphatic carbocycles. The van der Waals surface area contributed by atoms with Gasteiger partial charge in [0.1, 0.15) is 23.0 Å². The number of hydrogen-bond donors (Lipinski definition) is 2. The number of benzene rings is 2. The van der Waals surface area contributed by atoms with Gasteiger partial charge in [0.05, 0.1) is 37.3 Å². The van der Waals surface area contributed by atoms with Gasteiger partial charge in [-0.15, -0.1) is 0 Å². The molecule has 0 aliphatic heterocycles. The Balaban J connectivity index is 1.68. The number of carbonyl (C=O) groups excluding carboxylic acids is 1. The number of carbonyl (C=O) groups is 1. The molecule has 1 aromatic heterocycles. The molecule has 1 amide bonds. The number of methoxy groups -OCH3 is 1. The summed E-state index contributed by atoms with van der Waals surface area (Å²) in [7, 11) is -2.57. The molecule has 0 atom stereocenters. The van der Waals surface area contributed by atoms with Crippen LogP contribution >= 0.6 is 0 Å². The highest BCUT2D eigenvalue weighted by molar-refractivity contribution is 7.92. The summed E-state index contributed by atoms with van der Waals surface area (Å²) in [4.78, 5) is 16.4. The number of anilines is 1. The van der Waals surface area contributed by atoms with Crippen LogP contribution < -0.4 is 19.5 Å². The molecule has 3 aromatic rings. The van der Waals surface area contributed by atoms with Gasteiger partial charge in [-0.25, -0.2) is 8.42 Å². The predicted octanol–water partition coefficient (Wildman–Crippen LogP) is 2.70. The Morgan fingerprint density at radius 1 is 1.00 bits per heavy atom. The van der Waals surface area contributed by atoms with Crippen LogP contribution in [0, 0.1) is 0 Å². The number of hydrogen-bond acceptors (Lipinski definition) is 6. The van der Waals surface area contributed by atoms with E-state index in [1.54, 1.807) is 12.1 Å². The maximum absolute atomic E-state index is 12.9. The lowest BCUT2D eigenvalue weighted by molar-refractivity contribution is 0.0943. The minimum atomic E-state index is -4.03. The highest BCUT2D eigenvalue weighted by atomic mass is 32.2. The molecule has 0 radical (unpaired) electrons. The van der Waals surface area contributed by atoms with E-state index < -0.39 is 15.9 Å². The van der Waals surface area contributed by atoms with Crippen molar-refractivity contribution in [2.45, 2.75) is 4.90 Å². The summed E-state index contributed by atoms with van der Waals surface area (Å²) in [6.07, 6.45) is 2.81. The van der Waals surface area contributed by atoms with E-state index >= 15 is 0 Å². The van der Waals surface area contributed by atoms with Crippen LogP contribution in [0.25, 0.3) is 0 Å². The molecule has 0 saturated heterocycles. The molecule has 0 fully saturated rings. The van der Waals surface area contributed by atoms with Crippen LogP contribution in [0.1, 0.15) is 10.4 Å². The van der Waals surface area contributed by atoms with E-state index in [4.69, 9.17) is 9.47 Å². The second-order valence-electron chi connectivity index (χ2n) is 6.13. The van der Waals surface area contributed by atoms with Crippen LogP contribution in [-0.2, 0) is 10.0 Å². The molecule has 0 saturated carbocycles. The van der Waals surface area contributed by atoms with Crippen molar-refractivity contribution in [3.05, 3.63) is 78.6 Å². The van der Waals surface area contributed by atoms with Gasteiger partial charge in [0.25, 0.3) is 15.9 Å². The predicted molar refractivity (Wildman–Crippen MR) is 112 cm³/mol. The summed E-state index contributed by atoms with van der Waals surface area (Å²) in [5.41, 5.74) is 0.251. The molecule has 156 valence electrons. The summed E-state index contributed by atoms with van der Waals surface area (Å²) in [6, 6.07) is 16.6. The van der Waals surface area contributed by atoms with Gasteiger partial charge < -0.3 is 14.8 Å². The molecule has 0 spiro atoms. The zero-order valence-electron chi connectivity index (χ0n) is 16.2. The van der Waals surface area contributed by atoms with Crippen molar-refractivity contribution < 1.29 is 22.7 Å². The van der Waals surface area contributed by atoms with Crippen LogP contribution in [0.4, 0.5) is 5.69 Å². The van der Waals surface area contributed by atoms with Crippen molar-refractivity contribution in [3.63, 3.8) is 0 Å². The number of rotatable bonds is 9. The Labute approximate surface area is 174 Å². The molecule has 0 aliphatic rings. The zero-order chi connectivity index (χ0) is 21.4. The molecule has 8 nitrogen and oxygen atoms in total. The van der Waals surface area contributed by atoms with Gasteiger partial charge >= 0.3 is 0 Å². The van der Waals surface area contributed by atoms with Gasteiger partial charge in [0.15, 0.2) is 0 Å². The van der Waals surface area contributed by atoms with E-state index in [2.05, 4.69) is 15.0 Å². The Kier molecular flexibility index (Phi) is 6.87. The number of amides is 1. The Bertz CT molecular complexity index is 1100. The van der Waals surface area contributed by atoms with Crippen molar-refractivity contribution in [1.82, 2.24) is 10.3 Å². The lowest BCUT2D eigenvalue weighted by Gasteiger charge is -2.13. The standard InChI is InChI=1S/C21H21N3O5S/c1-28-18-13-16(14-22-15-18)24-30(26,27)20-10-6-5-9-19(20)21(25)23-11-12-29-17-7-3-2-4-8-17/h2-10,13-15,24H,11-12H2,1H3,(H,23,25). The minimum Gasteiger partial charge on any atom is -0.495 e. The molecule has 3 rings (SSSR count). The minimum absolute atomic E-state index is 0.0283. The molecule has 2 aromatic carbocycles. The average Bonchev–Trinajstić information content (AvgIpc) is 2.77. The first-order valence-electron chi connectivity index (χ1n) is 9.06. The SMILES string of the molecule is COc1cncc(NS(=O)(=O)c2ccccc2C(=O)NCCOc2ccccc2)c1. The smallest absolute Gasteiger partial charge is 0.262 e. The maximum Gasteiger partial charge on any atom is 0.262 e. The second-order valence-corrected chi connectivity index (χ2v) is 7.78. The van der Waals surface area contributed by atoms with Crippen molar-refractivity contribution in [2.24, 2.45) is 0 Å². The number of aromatic nitrogens is 1. The molecular weight excluding hydrogens is 406 g/mol. The maximum atomic E-state index is 12.9. The van der Waals surface area contributed by atoms with Gasteiger partial charge in [0.2, 0.25) is 0 Å². The Hall–Kier alpha value is -3.59. The fourth-order valence-electron chi connectivity index (χ4n) is 2.63. The summed E-state index contributed by atoms with van der Waals surface area (Å²) in [5.74, 6) is 0.571. The number of ether oxygens (including phenoxy) is 2. The summed E-state index contributed by atoms with van der Waals surface area (Å²) >= 11 is 0. The second kappa shape index (κ2) is 9.75. The number of nitrogens with zero attached hydrogens (tertiary/aromatic N) is 1. The molecule has 1 heterocycles. The Morgan fingerprint density at radius 3 is 2.50 bits per heavy atom. The van der Waals surface area contributed by atoms with E-state index in [9.17, 15) is 13.2 Å². The fourth-order valence-corrected chi connectivity index (χ4v) is 3.87. The summed E-state index contributed by atoms with van der Waals surface area (Å²) in [6.45, 7) is 0.466. The van der Waals surface area contributed by atoms with Gasteiger partial charge in [-0.2, -0.15) is 0 Å². The third-order valence-electron chi connectivity index (χ3n) is 4.02. The third-order valence-corrected chi connectivity index (χ3v) is 5.46. The number of pyridine rings is 1. The summed E-state index contributed by atoms with van der Waals surface area (Å²) < 4.78 is 38.7. The van der Waals surface area contributed by atoms with Gasteiger partial charge in [0, 0.05) is 6.07 Å². The molecule has 30 heavy (non-hydrogen) atoms. The fraction of sp³-hybridized carbons (Fsp3) is 0.143. The molecular formula is C21H21N3O5S. The van der Waals surface area contributed by atoms with E-state index in [0.717, 1.165) is 0 Å². The Morgan fingerprint density at radius 2 is 1.73 bits per heavy atom. The number of nitrogens with one attached hydrogen (secondary N) is 2. The molecule has 9 heteroatoms. The van der Waals surface area contributed by atoms with Crippen LogP contribution in [0.3, 0.4) is 0 Å². The highest BCUT2D eigenvalue weighted by Crippen LogP contribution is 2.21. The normalized spacial score (nSPS) is 10.8. The number of sulfonamides is 1. The van der Waals surface area contributed by atoms with Gasteiger partial charge in [-0.1, -0.05) is 30.3 Å². The largest absolute Gasteiger partial charge is 0.495 e. The third kappa shape index (κ3) is 5.48. The van der Waals surface area contributed by atoms with Crippen molar-refractivity contribution in [3.8, 4) is 11.5 Å².